The second kappa shape index (κ2) is 7.64. The van der Waals surface area contributed by atoms with Crippen LogP contribution in [0.5, 0.6) is 0 Å². The first-order chi connectivity index (χ1) is 13.6. The highest BCUT2D eigenvalue weighted by Gasteiger charge is 2.11. The zero-order valence-corrected chi connectivity index (χ0v) is 15.5. The van der Waals surface area contributed by atoms with Gasteiger partial charge < -0.3 is 10.3 Å². The van der Waals surface area contributed by atoms with Gasteiger partial charge in [0.25, 0.3) is 0 Å². The van der Waals surface area contributed by atoms with Gasteiger partial charge in [-0.2, -0.15) is 0 Å². The van der Waals surface area contributed by atoms with Crippen molar-refractivity contribution in [2.24, 2.45) is 0 Å². The lowest BCUT2D eigenvalue weighted by atomic mass is 10.0. The van der Waals surface area contributed by atoms with Gasteiger partial charge in [0.2, 0.25) is 5.91 Å². The fourth-order valence-corrected chi connectivity index (χ4v) is 3.34. The number of nitrogens with one attached hydrogen (secondary N) is 2. The number of hydrogen-bond donors (Lipinski definition) is 2. The van der Waals surface area contributed by atoms with E-state index in [-0.39, 0.29) is 11.7 Å². The highest BCUT2D eigenvalue weighted by molar-refractivity contribution is 5.91. The van der Waals surface area contributed by atoms with E-state index in [2.05, 4.69) is 21.4 Å². The summed E-state index contributed by atoms with van der Waals surface area (Å²) in [5.41, 5.74) is 5.96. The Bertz CT molecular complexity index is 1120. The predicted molar refractivity (Wildman–Crippen MR) is 108 cm³/mol. The lowest BCUT2D eigenvalue weighted by Crippen LogP contribution is -2.24. The number of amides is 1. The average molecular weight is 373 g/mol. The second-order valence-corrected chi connectivity index (χ2v) is 6.83. The van der Waals surface area contributed by atoms with Crippen molar-refractivity contribution >= 4 is 16.8 Å². The molecule has 28 heavy (non-hydrogen) atoms. The molecule has 1 amide bonds. The van der Waals surface area contributed by atoms with Crippen molar-refractivity contribution in [2.45, 2.75) is 19.9 Å². The minimum Gasteiger partial charge on any atom is -0.354 e. The minimum absolute atomic E-state index is 0.0362. The van der Waals surface area contributed by atoms with Crippen LogP contribution in [0.2, 0.25) is 0 Å². The number of aromatic amines is 1. The maximum Gasteiger partial charge on any atom is 0.224 e. The first-order valence-electron chi connectivity index (χ1n) is 9.13. The summed E-state index contributed by atoms with van der Waals surface area (Å²) in [5.74, 6) is -0.285. The molecule has 0 fully saturated rings. The molecule has 0 atom stereocenters. The third-order valence-corrected chi connectivity index (χ3v) is 4.83. The van der Waals surface area contributed by atoms with Crippen LogP contribution in [-0.2, 0) is 17.8 Å². The molecule has 4 rings (SSSR count). The Morgan fingerprint density at radius 3 is 2.68 bits per heavy atom. The predicted octanol–water partition coefficient (Wildman–Crippen LogP) is 4.54. The van der Waals surface area contributed by atoms with Crippen molar-refractivity contribution in [3.8, 4) is 11.3 Å². The fourth-order valence-electron chi connectivity index (χ4n) is 3.34. The highest BCUT2D eigenvalue weighted by atomic mass is 19.1. The molecule has 4 aromatic rings. The van der Waals surface area contributed by atoms with Crippen LogP contribution >= 0.6 is 0 Å². The molecule has 0 saturated carbocycles. The number of nitrogens with zero attached hydrogens (tertiary/aromatic N) is 1. The summed E-state index contributed by atoms with van der Waals surface area (Å²) in [6.07, 6.45) is 3.70. The van der Waals surface area contributed by atoms with Crippen LogP contribution in [0.3, 0.4) is 0 Å². The number of aryl methyl sites for hydroxylation is 1. The number of rotatable bonds is 5. The molecule has 0 radical (unpaired) electrons. The van der Waals surface area contributed by atoms with Crippen LogP contribution in [0.1, 0.15) is 16.7 Å². The van der Waals surface area contributed by atoms with E-state index in [1.165, 1.54) is 12.1 Å². The molecule has 0 spiro atoms. The zero-order chi connectivity index (χ0) is 19.5. The van der Waals surface area contributed by atoms with Gasteiger partial charge in [0.05, 0.1) is 6.42 Å². The third kappa shape index (κ3) is 3.78. The zero-order valence-electron chi connectivity index (χ0n) is 15.5. The number of hydrogen-bond acceptors (Lipinski definition) is 2. The molecule has 0 bridgehead atoms. The highest BCUT2D eigenvalue weighted by Crippen LogP contribution is 2.30. The summed E-state index contributed by atoms with van der Waals surface area (Å²) < 4.78 is 13.2. The van der Waals surface area contributed by atoms with Gasteiger partial charge in [0, 0.05) is 35.5 Å². The maximum absolute atomic E-state index is 13.2. The van der Waals surface area contributed by atoms with E-state index in [1.54, 1.807) is 24.5 Å². The molecule has 4 nitrogen and oxygen atoms in total. The maximum atomic E-state index is 13.2. The Hall–Kier alpha value is -3.47. The second-order valence-electron chi connectivity index (χ2n) is 6.83. The normalized spacial score (nSPS) is 10.9. The first kappa shape index (κ1) is 17.9. The average Bonchev–Trinajstić information content (AvgIpc) is 3.04. The molecular formula is C23H20FN3O. The molecule has 2 N–H and O–H groups in total. The van der Waals surface area contributed by atoms with Gasteiger partial charge in [-0.25, -0.2) is 4.39 Å². The van der Waals surface area contributed by atoms with E-state index in [4.69, 9.17) is 0 Å². The van der Waals surface area contributed by atoms with Crippen LogP contribution in [0.25, 0.3) is 22.2 Å². The van der Waals surface area contributed by atoms with Gasteiger partial charge in [0.1, 0.15) is 5.82 Å². The van der Waals surface area contributed by atoms with Gasteiger partial charge in [-0.3, -0.25) is 9.78 Å². The van der Waals surface area contributed by atoms with Crippen molar-refractivity contribution in [2.75, 3.05) is 0 Å². The van der Waals surface area contributed by atoms with Gasteiger partial charge >= 0.3 is 0 Å². The van der Waals surface area contributed by atoms with Crippen LogP contribution in [0, 0.1) is 12.7 Å². The SMILES string of the molecule is Cc1c(-c2ccc(F)cc2)[nH]c2ccc(CNC(=O)Cc3cccnc3)cc12. The van der Waals surface area contributed by atoms with Crippen LogP contribution < -0.4 is 5.32 Å². The smallest absolute Gasteiger partial charge is 0.224 e. The Labute approximate surface area is 162 Å². The van der Waals surface area contributed by atoms with Crippen LogP contribution in [-0.4, -0.2) is 15.9 Å². The first-order valence-corrected chi connectivity index (χ1v) is 9.13. The molecule has 5 heteroatoms. The number of carbonyl (C=O) groups excluding carboxylic acids is 1. The molecular weight excluding hydrogens is 353 g/mol. The van der Waals surface area contributed by atoms with Gasteiger partial charge in [-0.15, -0.1) is 0 Å². The van der Waals surface area contributed by atoms with E-state index < -0.39 is 0 Å². The summed E-state index contributed by atoms with van der Waals surface area (Å²) in [6.45, 7) is 2.51. The van der Waals surface area contributed by atoms with Crippen molar-refractivity contribution in [1.29, 1.82) is 0 Å². The number of pyridine rings is 1. The lowest BCUT2D eigenvalue weighted by Gasteiger charge is -2.06. The number of halogens is 1. The Kier molecular flexibility index (Phi) is 4.89. The van der Waals surface area contributed by atoms with Gasteiger partial charge in [-0.1, -0.05) is 12.1 Å². The summed E-state index contributed by atoms with van der Waals surface area (Å²) in [7, 11) is 0. The van der Waals surface area contributed by atoms with Gasteiger partial charge in [0.15, 0.2) is 0 Å². The molecule has 2 aromatic heterocycles. The van der Waals surface area contributed by atoms with E-state index >= 15 is 0 Å². The van der Waals surface area contributed by atoms with Crippen molar-refractivity contribution in [3.63, 3.8) is 0 Å². The summed E-state index contributed by atoms with van der Waals surface area (Å²) in [5, 5.41) is 4.05. The number of benzene rings is 2. The number of aromatic nitrogens is 2. The van der Waals surface area contributed by atoms with E-state index in [9.17, 15) is 9.18 Å². The molecule has 0 aliphatic heterocycles. The summed E-state index contributed by atoms with van der Waals surface area (Å²) in [6, 6.07) is 16.3. The number of fused-ring (bicyclic) bond motifs is 1. The minimum atomic E-state index is -0.248. The fraction of sp³-hybridized carbons (Fsp3) is 0.130. The van der Waals surface area contributed by atoms with Crippen molar-refractivity contribution in [1.82, 2.24) is 15.3 Å². The topological polar surface area (TPSA) is 57.8 Å². The largest absolute Gasteiger partial charge is 0.354 e. The number of carbonyl (C=O) groups is 1. The van der Waals surface area contributed by atoms with E-state index in [0.717, 1.165) is 38.9 Å². The molecule has 0 aliphatic rings. The van der Waals surface area contributed by atoms with Crippen molar-refractivity contribution < 1.29 is 9.18 Å². The van der Waals surface area contributed by atoms with Gasteiger partial charge in [-0.05, 0) is 71.6 Å². The Morgan fingerprint density at radius 2 is 1.93 bits per heavy atom. The molecule has 0 saturated heterocycles. The Balaban J connectivity index is 1.50. The monoisotopic (exact) mass is 373 g/mol. The van der Waals surface area contributed by atoms with E-state index in [0.29, 0.717) is 13.0 Å². The summed E-state index contributed by atoms with van der Waals surface area (Å²) in [4.78, 5) is 19.6. The van der Waals surface area contributed by atoms with Crippen LogP contribution in [0.15, 0.2) is 67.0 Å². The van der Waals surface area contributed by atoms with Crippen LogP contribution in [0.4, 0.5) is 4.39 Å². The molecule has 140 valence electrons. The molecule has 0 unspecified atom stereocenters. The number of H-pyrrole nitrogens is 1. The van der Waals surface area contributed by atoms with E-state index in [1.807, 2.05) is 31.2 Å². The third-order valence-electron chi connectivity index (χ3n) is 4.83. The molecule has 0 aliphatic carbocycles. The molecule has 2 aromatic carbocycles. The quantitative estimate of drug-likeness (QED) is 0.540. The Morgan fingerprint density at radius 1 is 1.11 bits per heavy atom. The molecule has 2 heterocycles. The summed E-state index contributed by atoms with van der Waals surface area (Å²) >= 11 is 0. The standard InChI is InChI=1S/C23H20FN3O/c1-15-20-11-17(14-26-22(28)12-16-3-2-10-25-13-16)4-9-21(20)27-23(15)18-5-7-19(24)8-6-18/h2-11,13,27H,12,14H2,1H3,(H,26,28). The lowest BCUT2D eigenvalue weighted by molar-refractivity contribution is -0.120. The van der Waals surface area contributed by atoms with Crippen molar-refractivity contribution in [3.05, 3.63) is 89.5 Å².